The van der Waals surface area contributed by atoms with Gasteiger partial charge in [-0.2, -0.15) is 0 Å². The van der Waals surface area contributed by atoms with Crippen LogP contribution < -0.4 is 10.1 Å². The molecule has 4 nitrogen and oxygen atoms in total. The van der Waals surface area contributed by atoms with Gasteiger partial charge in [-0.25, -0.2) is 9.97 Å². The van der Waals surface area contributed by atoms with Gasteiger partial charge in [-0.15, -0.1) is 11.3 Å². The Labute approximate surface area is 117 Å². The van der Waals surface area contributed by atoms with Gasteiger partial charge in [0.1, 0.15) is 0 Å². The lowest BCUT2D eigenvalue weighted by Crippen LogP contribution is -2.15. The highest BCUT2D eigenvalue weighted by atomic mass is 32.1. The van der Waals surface area contributed by atoms with Gasteiger partial charge in [0, 0.05) is 29.1 Å². The molecule has 2 aromatic rings. The van der Waals surface area contributed by atoms with E-state index in [1.807, 2.05) is 31.6 Å². The second kappa shape index (κ2) is 6.63. The molecule has 2 rings (SSSR count). The van der Waals surface area contributed by atoms with Crippen LogP contribution in [-0.4, -0.2) is 23.6 Å². The van der Waals surface area contributed by atoms with Gasteiger partial charge in [-0.05, 0) is 27.0 Å². The highest BCUT2D eigenvalue weighted by Gasteiger charge is 2.11. The molecule has 0 aliphatic carbocycles. The Kier molecular flexibility index (Phi) is 4.87. The monoisotopic (exact) mass is 277 g/mol. The zero-order valence-electron chi connectivity index (χ0n) is 11.5. The first kappa shape index (κ1) is 14.0. The van der Waals surface area contributed by atoms with Crippen LogP contribution in [0.3, 0.4) is 0 Å². The van der Waals surface area contributed by atoms with Crippen LogP contribution in [0.25, 0.3) is 0 Å². The van der Waals surface area contributed by atoms with Crippen LogP contribution in [0.5, 0.6) is 5.88 Å². The molecule has 0 aliphatic rings. The molecule has 0 aromatic carbocycles. The van der Waals surface area contributed by atoms with Crippen LogP contribution in [0.1, 0.15) is 29.1 Å². The number of hydrogen-bond acceptors (Lipinski definition) is 5. The van der Waals surface area contributed by atoms with Gasteiger partial charge in [-0.3, -0.25) is 0 Å². The average molecular weight is 277 g/mol. The molecular weight excluding hydrogens is 258 g/mol. The number of aromatic nitrogens is 2. The van der Waals surface area contributed by atoms with Crippen molar-refractivity contribution in [3.05, 3.63) is 40.0 Å². The minimum Gasteiger partial charge on any atom is -0.477 e. The molecule has 1 atom stereocenters. The predicted octanol–water partition coefficient (Wildman–Crippen LogP) is 2.75. The van der Waals surface area contributed by atoms with Gasteiger partial charge in [0.25, 0.3) is 0 Å². The SMILES string of the molecule is CNC(C)c1cccnc1OCCc1scnc1C. The first-order valence-electron chi connectivity index (χ1n) is 6.36. The van der Waals surface area contributed by atoms with E-state index < -0.39 is 0 Å². The second-order valence-corrected chi connectivity index (χ2v) is 5.31. The van der Waals surface area contributed by atoms with Gasteiger partial charge < -0.3 is 10.1 Å². The van der Waals surface area contributed by atoms with Crippen LogP contribution in [0.15, 0.2) is 23.8 Å². The van der Waals surface area contributed by atoms with E-state index in [9.17, 15) is 0 Å². The lowest BCUT2D eigenvalue weighted by Gasteiger charge is -2.15. The van der Waals surface area contributed by atoms with E-state index in [0.29, 0.717) is 12.5 Å². The number of thiazole rings is 1. The van der Waals surface area contributed by atoms with Crippen molar-refractivity contribution in [2.45, 2.75) is 26.3 Å². The van der Waals surface area contributed by atoms with Crippen molar-refractivity contribution in [2.24, 2.45) is 0 Å². The lowest BCUT2D eigenvalue weighted by molar-refractivity contribution is 0.303. The number of ether oxygens (including phenoxy) is 1. The number of rotatable bonds is 6. The Morgan fingerprint density at radius 2 is 2.26 bits per heavy atom. The average Bonchev–Trinajstić information content (AvgIpc) is 2.84. The molecule has 0 spiro atoms. The van der Waals surface area contributed by atoms with Crippen molar-refractivity contribution in [1.29, 1.82) is 0 Å². The Morgan fingerprint density at radius 1 is 1.42 bits per heavy atom. The third-order valence-corrected chi connectivity index (χ3v) is 4.11. The maximum absolute atomic E-state index is 5.82. The van der Waals surface area contributed by atoms with E-state index in [0.717, 1.165) is 17.7 Å². The molecule has 102 valence electrons. The Morgan fingerprint density at radius 3 is 2.95 bits per heavy atom. The van der Waals surface area contributed by atoms with E-state index in [2.05, 4.69) is 22.2 Å². The predicted molar refractivity (Wildman–Crippen MR) is 77.8 cm³/mol. The molecule has 1 N–H and O–H groups in total. The molecular formula is C14H19N3OS. The van der Waals surface area contributed by atoms with E-state index in [4.69, 9.17) is 4.74 Å². The zero-order valence-corrected chi connectivity index (χ0v) is 12.3. The molecule has 0 fully saturated rings. The van der Waals surface area contributed by atoms with Gasteiger partial charge in [0.15, 0.2) is 0 Å². The fraction of sp³-hybridized carbons (Fsp3) is 0.429. The van der Waals surface area contributed by atoms with Crippen LogP contribution in [-0.2, 0) is 6.42 Å². The molecule has 0 saturated carbocycles. The maximum Gasteiger partial charge on any atom is 0.218 e. The third-order valence-electron chi connectivity index (χ3n) is 3.11. The zero-order chi connectivity index (χ0) is 13.7. The molecule has 0 radical (unpaired) electrons. The van der Waals surface area contributed by atoms with Crippen LogP contribution in [0.2, 0.25) is 0 Å². The first-order valence-corrected chi connectivity index (χ1v) is 7.24. The van der Waals surface area contributed by atoms with Crippen molar-refractivity contribution in [1.82, 2.24) is 15.3 Å². The second-order valence-electron chi connectivity index (χ2n) is 4.37. The van der Waals surface area contributed by atoms with Crippen LogP contribution in [0.4, 0.5) is 0 Å². The van der Waals surface area contributed by atoms with Gasteiger partial charge in [0.05, 0.1) is 17.8 Å². The number of hydrogen-bond donors (Lipinski definition) is 1. The standard InChI is InChI=1S/C14H19N3OS/c1-10(15-3)12-5-4-7-16-14(12)18-8-6-13-11(2)17-9-19-13/h4-5,7,9-10,15H,6,8H2,1-3H3. The summed E-state index contributed by atoms with van der Waals surface area (Å²) in [5, 5.41) is 3.21. The summed E-state index contributed by atoms with van der Waals surface area (Å²) in [5.74, 6) is 0.714. The minimum atomic E-state index is 0.230. The number of pyridine rings is 1. The summed E-state index contributed by atoms with van der Waals surface area (Å²) < 4.78 is 5.82. The fourth-order valence-corrected chi connectivity index (χ4v) is 2.58. The van der Waals surface area contributed by atoms with Crippen molar-refractivity contribution in [2.75, 3.05) is 13.7 Å². The van der Waals surface area contributed by atoms with Gasteiger partial charge in [-0.1, -0.05) is 6.07 Å². The molecule has 5 heteroatoms. The van der Waals surface area contributed by atoms with Crippen molar-refractivity contribution in [3.8, 4) is 5.88 Å². The smallest absolute Gasteiger partial charge is 0.218 e. The molecule has 0 saturated heterocycles. The van der Waals surface area contributed by atoms with Gasteiger partial charge >= 0.3 is 0 Å². The minimum absolute atomic E-state index is 0.230. The Hall–Kier alpha value is -1.46. The summed E-state index contributed by atoms with van der Waals surface area (Å²) in [5.41, 5.74) is 4.06. The Bertz CT molecular complexity index is 527. The van der Waals surface area contributed by atoms with Crippen LogP contribution in [0, 0.1) is 6.92 Å². The maximum atomic E-state index is 5.82. The van der Waals surface area contributed by atoms with Crippen molar-refractivity contribution in [3.63, 3.8) is 0 Å². The molecule has 0 amide bonds. The largest absolute Gasteiger partial charge is 0.477 e. The summed E-state index contributed by atoms with van der Waals surface area (Å²) in [6, 6.07) is 4.21. The van der Waals surface area contributed by atoms with Gasteiger partial charge in [0.2, 0.25) is 5.88 Å². The molecule has 19 heavy (non-hydrogen) atoms. The normalized spacial score (nSPS) is 12.4. The van der Waals surface area contributed by atoms with E-state index in [-0.39, 0.29) is 6.04 Å². The number of nitrogens with one attached hydrogen (secondary N) is 1. The number of nitrogens with zero attached hydrogens (tertiary/aromatic N) is 2. The molecule has 0 bridgehead atoms. The van der Waals surface area contributed by atoms with E-state index in [1.165, 1.54) is 4.88 Å². The van der Waals surface area contributed by atoms with Crippen LogP contribution >= 0.6 is 11.3 Å². The molecule has 0 aliphatic heterocycles. The van der Waals surface area contributed by atoms with E-state index in [1.54, 1.807) is 17.5 Å². The fourth-order valence-electron chi connectivity index (χ4n) is 1.82. The highest BCUT2D eigenvalue weighted by Crippen LogP contribution is 2.22. The Balaban J connectivity index is 1.98. The number of aryl methyl sites for hydroxylation is 1. The summed E-state index contributed by atoms with van der Waals surface area (Å²) in [6.45, 7) is 4.75. The topological polar surface area (TPSA) is 47.0 Å². The molecule has 2 heterocycles. The summed E-state index contributed by atoms with van der Waals surface area (Å²) in [4.78, 5) is 9.83. The summed E-state index contributed by atoms with van der Waals surface area (Å²) in [6.07, 6.45) is 2.64. The van der Waals surface area contributed by atoms with Crippen molar-refractivity contribution >= 4 is 11.3 Å². The lowest BCUT2D eigenvalue weighted by atomic mass is 10.1. The summed E-state index contributed by atoms with van der Waals surface area (Å²) in [7, 11) is 1.93. The highest BCUT2D eigenvalue weighted by molar-refractivity contribution is 7.09. The first-order chi connectivity index (χ1) is 9.22. The third kappa shape index (κ3) is 3.52. The summed E-state index contributed by atoms with van der Waals surface area (Å²) >= 11 is 1.68. The molecule has 2 aromatic heterocycles. The molecule has 1 unspecified atom stereocenters. The van der Waals surface area contributed by atoms with E-state index >= 15 is 0 Å². The quantitative estimate of drug-likeness (QED) is 0.882. The van der Waals surface area contributed by atoms with Crippen molar-refractivity contribution < 1.29 is 4.74 Å².